The van der Waals surface area contributed by atoms with E-state index in [9.17, 15) is 0 Å². The number of hydrogen-bond donors (Lipinski definition) is 0. The molecule has 0 aromatic carbocycles. The van der Waals surface area contributed by atoms with Crippen molar-refractivity contribution in [1.82, 2.24) is 9.97 Å². The molecule has 0 aliphatic rings. The lowest BCUT2D eigenvalue weighted by molar-refractivity contribution is 0.564. The molecule has 4 heteroatoms. The number of hydrogen-bond acceptors (Lipinski definition) is 3. The lowest BCUT2D eigenvalue weighted by atomic mass is 10.1. The Bertz CT molecular complexity index is 369. The monoisotopic (exact) mass is 194 g/mol. The molecule has 2 heterocycles. The summed E-state index contributed by atoms with van der Waals surface area (Å²) in [5.41, 5.74) is 2.12. The van der Waals surface area contributed by atoms with Gasteiger partial charge in [-0.25, -0.2) is 9.97 Å². The first-order valence-corrected chi connectivity index (χ1v) is 4.20. The van der Waals surface area contributed by atoms with Crippen LogP contribution >= 0.6 is 11.6 Å². The van der Waals surface area contributed by atoms with Gasteiger partial charge in [0.15, 0.2) is 0 Å². The van der Waals surface area contributed by atoms with Crippen molar-refractivity contribution in [3.63, 3.8) is 0 Å². The summed E-state index contributed by atoms with van der Waals surface area (Å²) in [6.07, 6.45) is 7.54. The van der Waals surface area contributed by atoms with Crippen LogP contribution in [0.5, 0.6) is 0 Å². The van der Waals surface area contributed by atoms with Crippen molar-refractivity contribution in [2.45, 2.75) is 6.42 Å². The zero-order chi connectivity index (χ0) is 9.10. The van der Waals surface area contributed by atoms with Gasteiger partial charge in [0, 0.05) is 18.8 Å². The first-order chi connectivity index (χ1) is 6.34. The Morgan fingerprint density at radius 1 is 1.23 bits per heavy atom. The largest absolute Gasteiger partial charge is 0.472 e. The highest BCUT2D eigenvalue weighted by atomic mass is 35.5. The maximum Gasteiger partial charge on any atom is 0.222 e. The Balaban J connectivity index is 2.15. The van der Waals surface area contributed by atoms with E-state index >= 15 is 0 Å². The minimum Gasteiger partial charge on any atom is -0.472 e. The van der Waals surface area contributed by atoms with E-state index in [1.807, 2.05) is 6.07 Å². The second kappa shape index (κ2) is 3.58. The molecule has 2 aromatic heterocycles. The molecule has 0 fully saturated rings. The van der Waals surface area contributed by atoms with E-state index in [4.69, 9.17) is 16.0 Å². The normalized spacial score (nSPS) is 10.2. The van der Waals surface area contributed by atoms with Crippen LogP contribution in [0.25, 0.3) is 0 Å². The van der Waals surface area contributed by atoms with Crippen molar-refractivity contribution < 1.29 is 4.42 Å². The molecule has 0 radical (unpaired) electrons. The molecule has 3 nitrogen and oxygen atoms in total. The van der Waals surface area contributed by atoms with Gasteiger partial charge >= 0.3 is 0 Å². The van der Waals surface area contributed by atoms with Crippen LogP contribution in [0.15, 0.2) is 35.4 Å². The summed E-state index contributed by atoms with van der Waals surface area (Å²) in [7, 11) is 0. The van der Waals surface area contributed by atoms with Crippen molar-refractivity contribution in [3.05, 3.63) is 47.4 Å². The fraction of sp³-hybridized carbons (Fsp3) is 0.111. The van der Waals surface area contributed by atoms with E-state index in [1.54, 1.807) is 24.9 Å². The maximum absolute atomic E-state index is 5.55. The van der Waals surface area contributed by atoms with Crippen molar-refractivity contribution >= 4 is 11.6 Å². The van der Waals surface area contributed by atoms with Gasteiger partial charge in [0.2, 0.25) is 5.28 Å². The second-order valence-electron chi connectivity index (χ2n) is 2.67. The van der Waals surface area contributed by atoms with Crippen LogP contribution in [-0.4, -0.2) is 9.97 Å². The van der Waals surface area contributed by atoms with Crippen LogP contribution in [0.3, 0.4) is 0 Å². The molecule has 0 N–H and O–H groups in total. The molecule has 13 heavy (non-hydrogen) atoms. The van der Waals surface area contributed by atoms with E-state index in [0.29, 0.717) is 0 Å². The molecule has 0 bridgehead atoms. The fourth-order valence-corrected chi connectivity index (χ4v) is 1.16. The van der Waals surface area contributed by atoms with Gasteiger partial charge in [-0.3, -0.25) is 0 Å². The Kier molecular flexibility index (Phi) is 2.27. The summed E-state index contributed by atoms with van der Waals surface area (Å²) in [6.45, 7) is 0. The first kappa shape index (κ1) is 8.26. The first-order valence-electron chi connectivity index (χ1n) is 3.82. The Labute approximate surface area is 80.4 Å². The van der Waals surface area contributed by atoms with Gasteiger partial charge in [-0.1, -0.05) is 0 Å². The molecule has 0 atom stereocenters. The number of halogens is 1. The minimum atomic E-state index is 0.274. The third-order valence-electron chi connectivity index (χ3n) is 1.66. The van der Waals surface area contributed by atoms with E-state index < -0.39 is 0 Å². The molecular formula is C9H7ClN2O. The highest BCUT2D eigenvalue weighted by molar-refractivity contribution is 6.28. The van der Waals surface area contributed by atoms with E-state index in [0.717, 1.165) is 17.5 Å². The molecule has 0 aliphatic carbocycles. The number of rotatable bonds is 2. The smallest absolute Gasteiger partial charge is 0.222 e. The summed E-state index contributed by atoms with van der Waals surface area (Å²) in [4.78, 5) is 7.77. The number of nitrogens with zero attached hydrogens (tertiary/aromatic N) is 2. The van der Waals surface area contributed by atoms with Crippen LogP contribution < -0.4 is 0 Å². The summed E-state index contributed by atoms with van der Waals surface area (Å²) < 4.78 is 4.94. The van der Waals surface area contributed by atoms with Gasteiger partial charge in [-0.05, 0) is 28.8 Å². The third kappa shape index (κ3) is 2.06. The number of furan rings is 1. The molecule has 0 saturated carbocycles. The van der Waals surface area contributed by atoms with Crippen LogP contribution in [0.1, 0.15) is 11.1 Å². The Morgan fingerprint density at radius 2 is 2.00 bits per heavy atom. The topological polar surface area (TPSA) is 38.9 Å². The Morgan fingerprint density at radius 3 is 2.62 bits per heavy atom. The third-order valence-corrected chi connectivity index (χ3v) is 1.86. The summed E-state index contributed by atoms with van der Waals surface area (Å²) in [5.74, 6) is 0. The quantitative estimate of drug-likeness (QED) is 0.689. The predicted molar refractivity (Wildman–Crippen MR) is 48.6 cm³/mol. The highest BCUT2D eigenvalue weighted by Gasteiger charge is 1.98. The fourth-order valence-electron chi connectivity index (χ4n) is 1.06. The van der Waals surface area contributed by atoms with Gasteiger partial charge < -0.3 is 4.42 Å². The van der Waals surface area contributed by atoms with E-state index in [1.165, 1.54) is 0 Å². The molecule has 0 amide bonds. The van der Waals surface area contributed by atoms with Gasteiger partial charge in [-0.15, -0.1) is 0 Å². The minimum absolute atomic E-state index is 0.274. The SMILES string of the molecule is Clc1ncc(Cc2ccoc2)cn1. The van der Waals surface area contributed by atoms with Crippen molar-refractivity contribution in [2.24, 2.45) is 0 Å². The van der Waals surface area contributed by atoms with E-state index in [-0.39, 0.29) is 5.28 Å². The van der Waals surface area contributed by atoms with Gasteiger partial charge in [0.1, 0.15) is 0 Å². The second-order valence-corrected chi connectivity index (χ2v) is 3.01. The average Bonchev–Trinajstić information content (AvgIpc) is 2.62. The number of aromatic nitrogens is 2. The van der Waals surface area contributed by atoms with Crippen LogP contribution in [0.2, 0.25) is 5.28 Å². The van der Waals surface area contributed by atoms with Crippen molar-refractivity contribution in [3.8, 4) is 0 Å². The maximum atomic E-state index is 5.55. The molecule has 2 aromatic rings. The van der Waals surface area contributed by atoms with Crippen LogP contribution in [0.4, 0.5) is 0 Å². The molecular weight excluding hydrogens is 188 g/mol. The highest BCUT2D eigenvalue weighted by Crippen LogP contribution is 2.08. The van der Waals surface area contributed by atoms with Crippen LogP contribution in [-0.2, 0) is 6.42 Å². The zero-order valence-corrected chi connectivity index (χ0v) is 7.53. The van der Waals surface area contributed by atoms with Crippen molar-refractivity contribution in [2.75, 3.05) is 0 Å². The Hall–Kier alpha value is -1.35. The molecule has 0 unspecified atom stereocenters. The molecule has 0 spiro atoms. The summed E-state index contributed by atoms with van der Waals surface area (Å²) >= 11 is 5.55. The summed E-state index contributed by atoms with van der Waals surface area (Å²) in [6, 6.07) is 1.91. The lowest BCUT2D eigenvalue weighted by Crippen LogP contribution is -1.89. The average molecular weight is 195 g/mol. The van der Waals surface area contributed by atoms with Gasteiger partial charge in [0.25, 0.3) is 0 Å². The van der Waals surface area contributed by atoms with Crippen molar-refractivity contribution in [1.29, 1.82) is 0 Å². The van der Waals surface area contributed by atoms with E-state index in [2.05, 4.69) is 9.97 Å². The van der Waals surface area contributed by atoms with Gasteiger partial charge in [-0.2, -0.15) is 0 Å². The predicted octanol–water partition coefficient (Wildman–Crippen LogP) is 2.31. The standard InChI is InChI=1S/C9H7ClN2O/c10-9-11-4-8(5-12-9)3-7-1-2-13-6-7/h1-2,4-6H,3H2. The molecule has 0 saturated heterocycles. The molecule has 66 valence electrons. The van der Waals surface area contributed by atoms with Crippen LogP contribution in [0, 0.1) is 0 Å². The zero-order valence-electron chi connectivity index (χ0n) is 6.77. The molecule has 2 rings (SSSR count). The lowest BCUT2D eigenvalue weighted by Gasteiger charge is -1.95. The summed E-state index contributed by atoms with van der Waals surface area (Å²) in [5, 5.41) is 0.274. The van der Waals surface area contributed by atoms with Gasteiger partial charge in [0.05, 0.1) is 12.5 Å². The molecule has 0 aliphatic heterocycles.